The molecule has 0 radical (unpaired) electrons. The van der Waals surface area contributed by atoms with Gasteiger partial charge in [0.15, 0.2) is 0 Å². The molecule has 0 amide bonds. The molecule has 2 N–H and O–H groups in total. The number of hydrogen-bond donors (Lipinski definition) is 1. The summed E-state index contributed by atoms with van der Waals surface area (Å²) in [7, 11) is 0. The number of alkyl halides is 3. The Morgan fingerprint density at radius 1 is 1.00 bits per heavy atom. The van der Waals surface area contributed by atoms with Crippen LogP contribution in [0.2, 0.25) is 0 Å². The van der Waals surface area contributed by atoms with E-state index >= 15 is 0 Å². The molecule has 2 aromatic heterocycles. The van der Waals surface area contributed by atoms with Crippen LogP contribution in [0, 0.1) is 0 Å². The Labute approximate surface area is 112 Å². The molecule has 0 aliphatic rings. The minimum absolute atomic E-state index is 0.557. The van der Waals surface area contributed by atoms with Gasteiger partial charge in [0, 0.05) is 17.4 Å². The van der Waals surface area contributed by atoms with Crippen LogP contribution in [0.5, 0.6) is 0 Å². The number of benzene rings is 1. The van der Waals surface area contributed by atoms with Crippen LogP contribution >= 0.6 is 0 Å². The average molecular weight is 277 g/mol. The van der Waals surface area contributed by atoms with E-state index in [0.717, 1.165) is 17.6 Å². The number of fused-ring (bicyclic) bond motifs is 1. The highest BCUT2D eigenvalue weighted by atomic mass is 19.4. The van der Waals surface area contributed by atoms with Gasteiger partial charge in [-0.15, -0.1) is 0 Å². The molecular formula is C14H10F3N3. The molecule has 0 saturated heterocycles. The van der Waals surface area contributed by atoms with Crippen molar-refractivity contribution in [3.05, 3.63) is 54.4 Å². The Kier molecular flexibility index (Phi) is 2.67. The van der Waals surface area contributed by atoms with Crippen molar-refractivity contribution >= 4 is 11.2 Å². The number of imidazole rings is 1. The maximum atomic E-state index is 12.5. The highest BCUT2D eigenvalue weighted by Crippen LogP contribution is 2.31. The van der Waals surface area contributed by atoms with Crippen LogP contribution in [0.3, 0.4) is 0 Å². The molecule has 0 aliphatic heterocycles. The van der Waals surface area contributed by atoms with Crippen molar-refractivity contribution in [2.45, 2.75) is 6.18 Å². The summed E-state index contributed by atoms with van der Waals surface area (Å²) in [6.45, 7) is 0. The van der Waals surface area contributed by atoms with Crippen LogP contribution in [0.15, 0.2) is 48.8 Å². The van der Waals surface area contributed by atoms with E-state index in [1.165, 1.54) is 12.1 Å². The average Bonchev–Trinajstić information content (AvgIpc) is 2.81. The van der Waals surface area contributed by atoms with Crippen molar-refractivity contribution in [3.63, 3.8) is 0 Å². The fourth-order valence-corrected chi connectivity index (χ4v) is 2.03. The van der Waals surface area contributed by atoms with Gasteiger partial charge in [-0.1, -0.05) is 12.1 Å². The molecule has 3 aromatic rings. The standard InChI is InChI=1S/C14H10F3N3/c15-14(16,17)10-3-1-9(2-4-10)13-19-7-12-6-5-11(18)8-20(12)13/h1-8H,18H2. The molecule has 20 heavy (non-hydrogen) atoms. The first kappa shape index (κ1) is 12.5. The second kappa shape index (κ2) is 4.26. The van der Waals surface area contributed by atoms with Crippen molar-refractivity contribution in [3.8, 4) is 11.4 Å². The summed E-state index contributed by atoms with van der Waals surface area (Å²) in [5, 5.41) is 0. The molecule has 102 valence electrons. The van der Waals surface area contributed by atoms with Crippen molar-refractivity contribution in [2.75, 3.05) is 5.73 Å². The topological polar surface area (TPSA) is 43.3 Å². The van der Waals surface area contributed by atoms with Gasteiger partial charge in [-0.05, 0) is 24.3 Å². The molecule has 0 spiro atoms. The molecule has 2 heterocycles. The van der Waals surface area contributed by atoms with Crippen LogP contribution in [0.1, 0.15) is 5.56 Å². The number of nitrogen functional groups attached to an aromatic ring is 1. The van der Waals surface area contributed by atoms with Crippen molar-refractivity contribution in [1.29, 1.82) is 0 Å². The van der Waals surface area contributed by atoms with Gasteiger partial charge in [-0.3, -0.25) is 4.40 Å². The summed E-state index contributed by atoms with van der Waals surface area (Å²) in [5.41, 5.74) is 7.02. The molecule has 0 fully saturated rings. The van der Waals surface area contributed by atoms with E-state index in [1.54, 1.807) is 28.9 Å². The minimum Gasteiger partial charge on any atom is -0.398 e. The van der Waals surface area contributed by atoms with Gasteiger partial charge in [0.2, 0.25) is 0 Å². The number of nitrogens with zero attached hydrogens (tertiary/aromatic N) is 2. The predicted molar refractivity (Wildman–Crippen MR) is 70.0 cm³/mol. The van der Waals surface area contributed by atoms with Gasteiger partial charge in [0.1, 0.15) is 5.82 Å². The lowest BCUT2D eigenvalue weighted by Gasteiger charge is -2.07. The van der Waals surface area contributed by atoms with Gasteiger partial charge in [-0.25, -0.2) is 4.98 Å². The van der Waals surface area contributed by atoms with Gasteiger partial charge >= 0.3 is 6.18 Å². The fraction of sp³-hybridized carbons (Fsp3) is 0.0714. The lowest BCUT2D eigenvalue weighted by Crippen LogP contribution is -2.04. The molecule has 1 aromatic carbocycles. The summed E-state index contributed by atoms with van der Waals surface area (Å²) in [6, 6.07) is 8.44. The summed E-state index contributed by atoms with van der Waals surface area (Å²) < 4.78 is 39.3. The Bertz CT molecular complexity index is 757. The normalized spacial score (nSPS) is 11.9. The minimum atomic E-state index is -4.34. The van der Waals surface area contributed by atoms with Crippen LogP contribution in [-0.4, -0.2) is 9.38 Å². The number of hydrogen-bond acceptors (Lipinski definition) is 2. The van der Waals surface area contributed by atoms with Crippen LogP contribution < -0.4 is 5.73 Å². The van der Waals surface area contributed by atoms with E-state index in [1.807, 2.05) is 0 Å². The number of halogens is 3. The zero-order valence-corrected chi connectivity index (χ0v) is 10.2. The SMILES string of the molecule is Nc1ccc2cnc(-c3ccc(C(F)(F)F)cc3)n2c1. The maximum absolute atomic E-state index is 12.5. The van der Waals surface area contributed by atoms with Crippen molar-refractivity contribution < 1.29 is 13.2 Å². The summed E-state index contributed by atoms with van der Waals surface area (Å²) in [5.74, 6) is 0.557. The third-order valence-electron chi connectivity index (χ3n) is 3.02. The van der Waals surface area contributed by atoms with Gasteiger partial charge in [0.05, 0.1) is 17.3 Å². The molecule has 0 saturated carbocycles. The lowest BCUT2D eigenvalue weighted by atomic mass is 10.1. The van der Waals surface area contributed by atoms with Gasteiger partial charge in [-0.2, -0.15) is 13.2 Å². The van der Waals surface area contributed by atoms with Gasteiger partial charge in [0.25, 0.3) is 0 Å². The second-order valence-corrected chi connectivity index (χ2v) is 4.41. The van der Waals surface area contributed by atoms with Crippen LogP contribution in [0.25, 0.3) is 16.9 Å². The van der Waals surface area contributed by atoms with E-state index in [2.05, 4.69) is 4.98 Å². The number of rotatable bonds is 1. The quantitative estimate of drug-likeness (QED) is 0.738. The molecule has 3 nitrogen and oxygen atoms in total. The molecule has 6 heteroatoms. The third-order valence-corrected chi connectivity index (χ3v) is 3.02. The molecule has 0 bridgehead atoms. The predicted octanol–water partition coefficient (Wildman–Crippen LogP) is 3.60. The van der Waals surface area contributed by atoms with Crippen LogP contribution in [-0.2, 0) is 6.18 Å². The molecule has 0 aliphatic carbocycles. The zero-order chi connectivity index (χ0) is 14.3. The Morgan fingerprint density at radius 2 is 1.70 bits per heavy atom. The number of aromatic nitrogens is 2. The van der Waals surface area contributed by atoms with Gasteiger partial charge < -0.3 is 5.73 Å². The molecule has 0 unspecified atom stereocenters. The van der Waals surface area contributed by atoms with E-state index < -0.39 is 11.7 Å². The summed E-state index contributed by atoms with van der Waals surface area (Å²) in [6.07, 6.45) is -1.00. The third kappa shape index (κ3) is 2.09. The number of anilines is 1. The van der Waals surface area contributed by atoms with E-state index in [0.29, 0.717) is 17.1 Å². The summed E-state index contributed by atoms with van der Waals surface area (Å²) in [4.78, 5) is 4.22. The first-order valence-corrected chi connectivity index (χ1v) is 5.85. The Hall–Kier alpha value is -2.50. The van der Waals surface area contributed by atoms with Crippen LogP contribution in [0.4, 0.5) is 18.9 Å². The Morgan fingerprint density at radius 3 is 2.35 bits per heavy atom. The van der Waals surface area contributed by atoms with E-state index in [4.69, 9.17) is 5.73 Å². The Balaban J connectivity index is 2.09. The highest BCUT2D eigenvalue weighted by Gasteiger charge is 2.30. The largest absolute Gasteiger partial charge is 0.416 e. The lowest BCUT2D eigenvalue weighted by molar-refractivity contribution is -0.137. The van der Waals surface area contributed by atoms with Crippen molar-refractivity contribution in [1.82, 2.24) is 9.38 Å². The van der Waals surface area contributed by atoms with E-state index in [-0.39, 0.29) is 0 Å². The highest BCUT2D eigenvalue weighted by molar-refractivity contribution is 5.64. The smallest absolute Gasteiger partial charge is 0.398 e. The fourth-order valence-electron chi connectivity index (χ4n) is 2.03. The molecule has 3 rings (SSSR count). The number of pyridine rings is 1. The first-order chi connectivity index (χ1) is 9.45. The molecule has 0 atom stereocenters. The zero-order valence-electron chi connectivity index (χ0n) is 10.2. The molecular weight excluding hydrogens is 267 g/mol. The first-order valence-electron chi connectivity index (χ1n) is 5.85. The maximum Gasteiger partial charge on any atom is 0.416 e. The second-order valence-electron chi connectivity index (χ2n) is 4.41. The monoisotopic (exact) mass is 277 g/mol. The van der Waals surface area contributed by atoms with E-state index in [9.17, 15) is 13.2 Å². The summed E-state index contributed by atoms with van der Waals surface area (Å²) >= 11 is 0. The number of nitrogens with two attached hydrogens (primary N) is 1. The van der Waals surface area contributed by atoms with Crippen molar-refractivity contribution in [2.24, 2.45) is 0 Å².